The van der Waals surface area contributed by atoms with Crippen molar-refractivity contribution < 1.29 is 19.2 Å². The van der Waals surface area contributed by atoms with Crippen LogP contribution in [-0.2, 0) is 0 Å². The summed E-state index contributed by atoms with van der Waals surface area (Å²) < 4.78 is 4.66. The molecule has 0 unspecified atom stereocenters. The third-order valence-electron chi connectivity index (χ3n) is 2.29. The molecule has 1 amide bonds. The van der Waals surface area contributed by atoms with E-state index in [2.05, 4.69) is 20.0 Å². The van der Waals surface area contributed by atoms with Gasteiger partial charge in [0.1, 0.15) is 5.56 Å². The lowest BCUT2D eigenvalue weighted by molar-refractivity contribution is 0.0698. The van der Waals surface area contributed by atoms with Crippen molar-refractivity contribution in [2.45, 2.75) is 6.92 Å². The minimum atomic E-state index is -1.32. The van der Waals surface area contributed by atoms with E-state index < -0.39 is 11.9 Å². The molecule has 0 aliphatic heterocycles. The van der Waals surface area contributed by atoms with E-state index in [0.717, 1.165) is 0 Å². The van der Waals surface area contributed by atoms with Gasteiger partial charge < -0.3 is 14.9 Å². The number of nitrogens with one attached hydrogen (secondary N) is 1. The second-order valence-corrected chi connectivity index (χ2v) is 4.49. The number of carbonyl (C=O) groups excluding carboxylic acids is 1. The third-order valence-corrected chi connectivity index (χ3v) is 2.92. The Bertz CT molecular complexity index is 699. The lowest BCUT2D eigenvalue weighted by Crippen LogP contribution is -2.17. The summed E-state index contributed by atoms with van der Waals surface area (Å²) in [6.07, 6.45) is 0. The van der Waals surface area contributed by atoms with Crippen molar-refractivity contribution in [3.8, 4) is 0 Å². The van der Waals surface area contributed by atoms with Gasteiger partial charge in [0.25, 0.3) is 11.7 Å². The highest BCUT2D eigenvalue weighted by atomic mass is 35.5. The maximum atomic E-state index is 11.9. The minimum absolute atomic E-state index is 0.0281. The van der Waals surface area contributed by atoms with Crippen LogP contribution in [0.5, 0.6) is 0 Å². The summed E-state index contributed by atoms with van der Waals surface area (Å²) in [6, 6.07) is 2.69. The monoisotopic (exact) mass is 315 g/mol. The van der Waals surface area contributed by atoms with E-state index in [0.29, 0.717) is 0 Å². The molecule has 1 aromatic carbocycles. The SMILES string of the molecule is Cc1nc(C(=O)Nc2c(Cl)ccc(Cl)c2C(=O)O)no1. The van der Waals surface area contributed by atoms with Crippen LogP contribution >= 0.6 is 23.2 Å². The predicted octanol–water partition coefficient (Wildman–Crippen LogP) is 2.64. The van der Waals surface area contributed by atoms with Gasteiger partial charge in [-0.1, -0.05) is 28.4 Å². The molecular formula is C11H7Cl2N3O4. The van der Waals surface area contributed by atoms with Gasteiger partial charge in [-0.3, -0.25) is 4.79 Å². The summed E-state index contributed by atoms with van der Waals surface area (Å²) in [6.45, 7) is 1.51. The number of nitrogens with zero attached hydrogens (tertiary/aromatic N) is 2. The molecule has 0 saturated carbocycles. The first-order chi connectivity index (χ1) is 9.40. The Labute approximate surface area is 122 Å². The maximum absolute atomic E-state index is 11.9. The number of hydrogen-bond acceptors (Lipinski definition) is 5. The number of aromatic carboxylic acids is 1. The highest BCUT2D eigenvalue weighted by Gasteiger charge is 2.22. The number of aryl methyl sites for hydroxylation is 1. The smallest absolute Gasteiger partial charge is 0.339 e. The third kappa shape index (κ3) is 2.73. The highest BCUT2D eigenvalue weighted by Crippen LogP contribution is 2.32. The summed E-state index contributed by atoms with van der Waals surface area (Å²) in [7, 11) is 0. The minimum Gasteiger partial charge on any atom is -0.478 e. The van der Waals surface area contributed by atoms with E-state index in [-0.39, 0.29) is 33.0 Å². The first-order valence-corrected chi connectivity index (χ1v) is 5.98. The van der Waals surface area contributed by atoms with Gasteiger partial charge in [-0.2, -0.15) is 4.98 Å². The second kappa shape index (κ2) is 5.48. The van der Waals surface area contributed by atoms with Crippen LogP contribution in [-0.4, -0.2) is 27.1 Å². The van der Waals surface area contributed by atoms with Crippen LogP contribution in [0.2, 0.25) is 10.0 Å². The summed E-state index contributed by atoms with van der Waals surface area (Å²) in [4.78, 5) is 26.8. The Morgan fingerprint density at radius 3 is 2.50 bits per heavy atom. The van der Waals surface area contributed by atoms with Gasteiger partial charge in [0.15, 0.2) is 0 Å². The molecule has 104 valence electrons. The molecule has 9 heteroatoms. The number of hydrogen-bond donors (Lipinski definition) is 2. The van der Waals surface area contributed by atoms with Crippen LogP contribution in [0.3, 0.4) is 0 Å². The molecule has 0 aliphatic carbocycles. The number of benzene rings is 1. The fraction of sp³-hybridized carbons (Fsp3) is 0.0909. The summed E-state index contributed by atoms with van der Waals surface area (Å²) in [5.41, 5.74) is -0.438. The van der Waals surface area contributed by atoms with E-state index in [1.54, 1.807) is 0 Å². The number of anilines is 1. The fourth-order valence-corrected chi connectivity index (χ4v) is 1.89. The molecule has 0 fully saturated rings. The van der Waals surface area contributed by atoms with Gasteiger partial charge in [0, 0.05) is 6.92 Å². The van der Waals surface area contributed by atoms with E-state index in [1.165, 1.54) is 19.1 Å². The van der Waals surface area contributed by atoms with E-state index in [4.69, 9.17) is 28.3 Å². The van der Waals surface area contributed by atoms with Crippen molar-refractivity contribution in [3.05, 3.63) is 39.5 Å². The van der Waals surface area contributed by atoms with Crippen LogP contribution in [0, 0.1) is 6.92 Å². The molecule has 0 spiro atoms. The first-order valence-electron chi connectivity index (χ1n) is 5.23. The fourth-order valence-electron chi connectivity index (χ4n) is 1.44. The van der Waals surface area contributed by atoms with Crippen LogP contribution in [0.1, 0.15) is 26.9 Å². The Hall–Kier alpha value is -2.12. The Morgan fingerprint density at radius 1 is 1.30 bits per heavy atom. The normalized spacial score (nSPS) is 10.3. The van der Waals surface area contributed by atoms with Crippen LogP contribution in [0.25, 0.3) is 0 Å². The predicted molar refractivity (Wildman–Crippen MR) is 70.4 cm³/mol. The molecule has 2 rings (SSSR count). The summed E-state index contributed by atoms with van der Waals surface area (Å²) >= 11 is 11.7. The Kier molecular flexibility index (Phi) is 3.91. The van der Waals surface area contributed by atoms with Gasteiger partial charge >= 0.3 is 5.97 Å². The lowest BCUT2D eigenvalue weighted by atomic mass is 10.1. The molecule has 7 nitrogen and oxygen atoms in total. The molecule has 1 heterocycles. The van der Waals surface area contributed by atoms with Crippen molar-refractivity contribution in [2.24, 2.45) is 0 Å². The summed E-state index contributed by atoms with van der Waals surface area (Å²) in [5.74, 6) is -2.12. The highest BCUT2D eigenvalue weighted by molar-refractivity contribution is 6.38. The number of carboxylic acids is 1. The molecule has 2 aromatic rings. The van der Waals surface area contributed by atoms with E-state index >= 15 is 0 Å². The van der Waals surface area contributed by atoms with Gasteiger partial charge in [-0.25, -0.2) is 4.79 Å². The average Bonchev–Trinajstić information content (AvgIpc) is 2.80. The van der Waals surface area contributed by atoms with Gasteiger partial charge in [-0.15, -0.1) is 0 Å². The van der Waals surface area contributed by atoms with Crippen LogP contribution in [0.4, 0.5) is 5.69 Å². The standard InChI is InChI=1S/C11H7Cl2N3O4/c1-4-14-9(16-20-4)10(17)15-8-6(13)3-2-5(12)7(8)11(18)19/h2-3H,1H3,(H,15,17)(H,18,19). The van der Waals surface area contributed by atoms with Crippen LogP contribution in [0.15, 0.2) is 16.7 Å². The molecule has 20 heavy (non-hydrogen) atoms. The molecule has 0 radical (unpaired) electrons. The second-order valence-electron chi connectivity index (χ2n) is 3.68. The molecule has 0 aliphatic rings. The zero-order chi connectivity index (χ0) is 14.9. The van der Waals surface area contributed by atoms with Crippen molar-refractivity contribution >= 4 is 40.8 Å². The van der Waals surface area contributed by atoms with Gasteiger partial charge in [0.2, 0.25) is 5.89 Å². The number of carbonyl (C=O) groups is 2. The van der Waals surface area contributed by atoms with Crippen LogP contribution < -0.4 is 5.32 Å². The average molecular weight is 316 g/mol. The molecule has 1 aromatic heterocycles. The zero-order valence-electron chi connectivity index (χ0n) is 9.98. The lowest BCUT2D eigenvalue weighted by Gasteiger charge is -2.10. The molecule has 0 atom stereocenters. The topological polar surface area (TPSA) is 105 Å². The van der Waals surface area contributed by atoms with E-state index in [9.17, 15) is 9.59 Å². The number of amides is 1. The van der Waals surface area contributed by atoms with Crippen molar-refractivity contribution in [3.63, 3.8) is 0 Å². The summed E-state index contributed by atoms with van der Waals surface area (Å²) in [5, 5.41) is 14.8. The largest absolute Gasteiger partial charge is 0.478 e. The van der Waals surface area contributed by atoms with E-state index in [1.807, 2.05) is 0 Å². The quantitative estimate of drug-likeness (QED) is 0.902. The zero-order valence-corrected chi connectivity index (χ0v) is 11.5. The number of carboxylic acid groups (broad SMARTS) is 1. The molecule has 0 bridgehead atoms. The first kappa shape index (κ1) is 14.3. The molecule has 0 saturated heterocycles. The molecular weight excluding hydrogens is 309 g/mol. The van der Waals surface area contributed by atoms with Gasteiger partial charge in [0.05, 0.1) is 15.7 Å². The number of rotatable bonds is 3. The maximum Gasteiger partial charge on any atom is 0.339 e. The van der Waals surface area contributed by atoms with Gasteiger partial charge in [-0.05, 0) is 12.1 Å². The van der Waals surface area contributed by atoms with Crippen molar-refractivity contribution in [2.75, 3.05) is 5.32 Å². The molecule has 2 N–H and O–H groups in total. The van der Waals surface area contributed by atoms with Crippen molar-refractivity contribution in [1.82, 2.24) is 10.1 Å². The van der Waals surface area contributed by atoms with Crippen molar-refractivity contribution in [1.29, 1.82) is 0 Å². The number of aromatic nitrogens is 2. The Balaban J connectivity index is 2.41. The number of halogens is 2. The Morgan fingerprint density at radius 2 is 1.95 bits per heavy atom.